The number of carbonyl (C=O) groups is 1. The van der Waals surface area contributed by atoms with Gasteiger partial charge in [-0.15, -0.1) is 0 Å². The lowest BCUT2D eigenvalue weighted by atomic mass is 9.89. The Morgan fingerprint density at radius 1 is 1.30 bits per heavy atom. The number of anilines is 1. The molecule has 1 fully saturated rings. The third kappa shape index (κ3) is 3.73. The molecule has 4 rings (SSSR count). The van der Waals surface area contributed by atoms with Crippen LogP contribution < -0.4 is 15.0 Å². The Kier molecular flexibility index (Phi) is 5.45. The molecule has 0 saturated carbocycles. The summed E-state index contributed by atoms with van der Waals surface area (Å²) in [5, 5.41) is 4.33. The summed E-state index contributed by atoms with van der Waals surface area (Å²) in [6, 6.07) is 13.5. The van der Waals surface area contributed by atoms with Gasteiger partial charge in [0.2, 0.25) is 0 Å². The molecular weight excluding hydrogens is 432 g/mol. The van der Waals surface area contributed by atoms with E-state index < -0.39 is 6.09 Å². The number of nitrogens with zero attached hydrogens (tertiary/aromatic N) is 1. The quantitative estimate of drug-likeness (QED) is 0.645. The van der Waals surface area contributed by atoms with Gasteiger partial charge in [-0.3, -0.25) is 0 Å². The Morgan fingerprint density at radius 3 is 3.00 bits per heavy atom. The SMILES string of the molecule is O=C(N[C@@H]1CCCN2c3cc(Cl)ccc3Oc3ccccc3[C@H]12)OCCBr. The largest absolute Gasteiger partial charge is 0.455 e. The van der Waals surface area contributed by atoms with E-state index >= 15 is 0 Å². The first-order chi connectivity index (χ1) is 13.2. The van der Waals surface area contributed by atoms with Gasteiger partial charge in [0.25, 0.3) is 0 Å². The molecule has 142 valence electrons. The first-order valence-corrected chi connectivity index (χ1v) is 10.5. The number of carbonyl (C=O) groups excluding carboxylic acids is 1. The average Bonchev–Trinajstić information content (AvgIpc) is 2.81. The summed E-state index contributed by atoms with van der Waals surface area (Å²) in [5.74, 6) is 1.58. The minimum atomic E-state index is -0.393. The van der Waals surface area contributed by atoms with Gasteiger partial charge in [0, 0.05) is 22.5 Å². The highest BCUT2D eigenvalue weighted by molar-refractivity contribution is 9.09. The topological polar surface area (TPSA) is 50.8 Å². The van der Waals surface area contributed by atoms with Crippen LogP contribution in [0.15, 0.2) is 42.5 Å². The third-order valence-corrected chi connectivity index (χ3v) is 5.49. The van der Waals surface area contributed by atoms with Crippen LogP contribution in [0.3, 0.4) is 0 Å². The van der Waals surface area contributed by atoms with Gasteiger partial charge in [-0.2, -0.15) is 0 Å². The maximum atomic E-state index is 12.2. The molecule has 2 aliphatic heterocycles. The Morgan fingerprint density at radius 2 is 2.15 bits per heavy atom. The van der Waals surface area contributed by atoms with Gasteiger partial charge in [0.15, 0.2) is 5.75 Å². The number of rotatable bonds is 3. The zero-order valence-corrected chi connectivity index (χ0v) is 17.0. The third-order valence-electron chi connectivity index (χ3n) is 4.93. The minimum Gasteiger partial charge on any atom is -0.455 e. The lowest BCUT2D eigenvalue weighted by Crippen LogP contribution is -2.50. The molecular formula is C20H20BrClN2O3. The van der Waals surface area contributed by atoms with Crippen molar-refractivity contribution in [3.63, 3.8) is 0 Å². The summed E-state index contributed by atoms with van der Waals surface area (Å²) < 4.78 is 11.4. The number of para-hydroxylation sites is 1. The Balaban J connectivity index is 1.74. The number of halogens is 2. The molecule has 0 spiro atoms. The maximum absolute atomic E-state index is 12.2. The second-order valence-electron chi connectivity index (χ2n) is 6.61. The normalized spacial score (nSPS) is 20.4. The lowest BCUT2D eigenvalue weighted by molar-refractivity contribution is 0.145. The van der Waals surface area contributed by atoms with Crippen molar-refractivity contribution in [3.8, 4) is 11.5 Å². The molecule has 2 atom stereocenters. The summed E-state index contributed by atoms with van der Waals surface area (Å²) >= 11 is 9.55. The van der Waals surface area contributed by atoms with Crippen molar-refractivity contribution in [2.45, 2.75) is 24.9 Å². The fourth-order valence-corrected chi connectivity index (χ4v) is 4.19. The van der Waals surface area contributed by atoms with Crippen molar-refractivity contribution in [2.75, 3.05) is 23.4 Å². The summed E-state index contributed by atoms with van der Waals surface area (Å²) in [5.41, 5.74) is 2.00. The van der Waals surface area contributed by atoms with Crippen molar-refractivity contribution in [3.05, 3.63) is 53.1 Å². The summed E-state index contributed by atoms with van der Waals surface area (Å²) in [6.07, 6.45) is 1.43. The molecule has 1 N–H and O–H groups in total. The molecule has 2 heterocycles. The van der Waals surface area contributed by atoms with Crippen LogP contribution >= 0.6 is 27.5 Å². The van der Waals surface area contributed by atoms with Crippen LogP contribution in [0.1, 0.15) is 24.4 Å². The van der Waals surface area contributed by atoms with Crippen LogP contribution in [-0.2, 0) is 4.74 Å². The minimum absolute atomic E-state index is 0.0498. The van der Waals surface area contributed by atoms with Gasteiger partial charge in [-0.05, 0) is 37.1 Å². The van der Waals surface area contributed by atoms with E-state index in [0.29, 0.717) is 17.0 Å². The molecule has 7 heteroatoms. The number of alkyl carbamates (subject to hydrolysis) is 1. The van der Waals surface area contributed by atoms with Crippen LogP contribution in [0.4, 0.5) is 10.5 Å². The van der Waals surface area contributed by atoms with Crippen LogP contribution in [0.2, 0.25) is 5.02 Å². The number of benzene rings is 2. The summed E-state index contributed by atoms with van der Waals surface area (Å²) in [4.78, 5) is 14.5. The first kappa shape index (κ1) is 18.4. The Hall–Kier alpha value is -1.92. The molecule has 1 saturated heterocycles. The van der Waals surface area contributed by atoms with Gasteiger partial charge < -0.3 is 19.7 Å². The fraction of sp³-hybridized carbons (Fsp3) is 0.350. The van der Waals surface area contributed by atoms with Crippen molar-refractivity contribution < 1.29 is 14.3 Å². The molecule has 0 aromatic heterocycles. The standard InChI is InChI=1S/C20H20BrClN2O3/c21-9-11-26-20(25)23-15-5-3-10-24-16-12-13(22)7-8-18(16)27-17-6-2-1-4-14(17)19(15)24/h1-2,4,6-8,12,15,19H,3,5,9-11H2,(H,23,25)/t15-,19-/m1/s1. The highest BCUT2D eigenvalue weighted by Crippen LogP contribution is 2.48. The molecule has 5 nitrogen and oxygen atoms in total. The number of hydrogen-bond donors (Lipinski definition) is 1. The molecule has 0 aliphatic carbocycles. The number of piperidine rings is 1. The first-order valence-electron chi connectivity index (χ1n) is 8.99. The van der Waals surface area contributed by atoms with Crippen LogP contribution in [0.5, 0.6) is 11.5 Å². The molecule has 2 aromatic rings. The number of fused-ring (bicyclic) bond motifs is 5. The lowest BCUT2D eigenvalue weighted by Gasteiger charge is -2.42. The molecule has 0 radical (unpaired) electrons. The highest BCUT2D eigenvalue weighted by Gasteiger charge is 2.38. The number of amides is 1. The zero-order valence-electron chi connectivity index (χ0n) is 14.7. The van der Waals surface area contributed by atoms with Gasteiger partial charge in [-0.1, -0.05) is 45.7 Å². The van der Waals surface area contributed by atoms with Gasteiger partial charge in [0.05, 0.1) is 17.8 Å². The van der Waals surface area contributed by atoms with Crippen LogP contribution in [0.25, 0.3) is 0 Å². The number of hydrogen-bond acceptors (Lipinski definition) is 4. The van der Waals surface area contributed by atoms with Gasteiger partial charge >= 0.3 is 6.09 Å². The number of nitrogens with one attached hydrogen (secondary N) is 1. The van der Waals surface area contributed by atoms with Gasteiger partial charge in [-0.25, -0.2) is 4.79 Å². The Labute approximate surface area is 171 Å². The monoisotopic (exact) mass is 450 g/mol. The van der Waals surface area contributed by atoms with E-state index in [9.17, 15) is 4.79 Å². The highest BCUT2D eigenvalue weighted by atomic mass is 79.9. The second kappa shape index (κ2) is 7.98. The average molecular weight is 452 g/mol. The van der Waals surface area contributed by atoms with Crippen molar-refractivity contribution in [1.82, 2.24) is 5.32 Å². The molecule has 2 aromatic carbocycles. The van der Waals surface area contributed by atoms with E-state index in [0.717, 1.165) is 42.1 Å². The fourth-order valence-electron chi connectivity index (χ4n) is 3.86. The van der Waals surface area contributed by atoms with Crippen LogP contribution in [0, 0.1) is 0 Å². The van der Waals surface area contributed by atoms with E-state index in [2.05, 4.69) is 32.2 Å². The van der Waals surface area contributed by atoms with Crippen molar-refractivity contribution in [2.24, 2.45) is 0 Å². The molecule has 1 amide bonds. The Bertz CT molecular complexity index is 848. The van der Waals surface area contributed by atoms with E-state index in [1.807, 2.05) is 36.4 Å². The van der Waals surface area contributed by atoms with E-state index in [1.165, 1.54) is 0 Å². The molecule has 27 heavy (non-hydrogen) atoms. The zero-order chi connectivity index (χ0) is 18.8. The number of ether oxygens (including phenoxy) is 2. The van der Waals surface area contributed by atoms with E-state index in [1.54, 1.807) is 0 Å². The summed E-state index contributed by atoms with van der Waals surface area (Å²) in [6.45, 7) is 1.20. The predicted molar refractivity (Wildman–Crippen MR) is 109 cm³/mol. The number of alkyl halides is 1. The molecule has 2 aliphatic rings. The summed E-state index contributed by atoms with van der Waals surface area (Å²) in [7, 11) is 0. The van der Waals surface area contributed by atoms with Crippen molar-refractivity contribution >= 4 is 39.3 Å². The van der Waals surface area contributed by atoms with Crippen molar-refractivity contribution in [1.29, 1.82) is 0 Å². The van der Waals surface area contributed by atoms with E-state index in [-0.39, 0.29) is 12.1 Å². The second-order valence-corrected chi connectivity index (χ2v) is 7.84. The van der Waals surface area contributed by atoms with E-state index in [4.69, 9.17) is 21.1 Å². The molecule has 0 unspecified atom stereocenters. The maximum Gasteiger partial charge on any atom is 0.407 e. The van der Waals surface area contributed by atoms with Crippen LogP contribution in [-0.4, -0.2) is 30.6 Å². The predicted octanol–water partition coefficient (Wildman–Crippen LogP) is 5.28. The smallest absolute Gasteiger partial charge is 0.407 e. The van der Waals surface area contributed by atoms with Gasteiger partial charge in [0.1, 0.15) is 12.4 Å². The molecule has 0 bridgehead atoms.